The molecule has 0 spiro atoms. The summed E-state index contributed by atoms with van der Waals surface area (Å²) >= 11 is 0. The Kier molecular flexibility index (Phi) is 5.37. The highest BCUT2D eigenvalue weighted by Crippen LogP contribution is 2.41. The van der Waals surface area contributed by atoms with E-state index in [0.29, 0.717) is 54.6 Å². The topological polar surface area (TPSA) is 79.3 Å². The van der Waals surface area contributed by atoms with Crippen molar-refractivity contribution in [3.8, 4) is 5.75 Å². The van der Waals surface area contributed by atoms with E-state index in [4.69, 9.17) is 9.47 Å². The van der Waals surface area contributed by atoms with Crippen molar-refractivity contribution in [2.45, 2.75) is 31.8 Å². The largest absolute Gasteiger partial charge is 0.441 e. The Morgan fingerprint density at radius 2 is 1.93 bits per heavy atom. The van der Waals surface area contributed by atoms with Crippen LogP contribution in [0, 0.1) is 0 Å². The summed E-state index contributed by atoms with van der Waals surface area (Å²) < 4.78 is 11.5. The molecule has 28 heavy (non-hydrogen) atoms. The molecule has 0 aromatic heterocycles. The summed E-state index contributed by atoms with van der Waals surface area (Å²) in [7, 11) is 0. The van der Waals surface area contributed by atoms with Crippen LogP contribution in [-0.4, -0.2) is 66.5 Å². The fourth-order valence-electron chi connectivity index (χ4n) is 4.02. The SMILES string of the molecule is CC(O)c1cc(C(=O)N2CCCC2)cc2c1OC(N1CCOCC1)=CC2C=O. The summed E-state index contributed by atoms with van der Waals surface area (Å²) in [5, 5.41) is 10.4. The highest BCUT2D eigenvalue weighted by molar-refractivity contribution is 5.95. The molecular formula is C21H26N2O5. The molecular weight excluding hydrogens is 360 g/mol. The number of allylic oxidation sites excluding steroid dienone is 1. The molecule has 2 fully saturated rings. The highest BCUT2D eigenvalue weighted by Gasteiger charge is 2.31. The summed E-state index contributed by atoms with van der Waals surface area (Å²) in [5.74, 6) is 0.503. The molecule has 1 amide bonds. The van der Waals surface area contributed by atoms with E-state index < -0.39 is 12.0 Å². The van der Waals surface area contributed by atoms with Gasteiger partial charge in [0.1, 0.15) is 12.0 Å². The van der Waals surface area contributed by atoms with Gasteiger partial charge in [0, 0.05) is 42.9 Å². The minimum Gasteiger partial charge on any atom is -0.441 e. The Morgan fingerprint density at radius 3 is 2.57 bits per heavy atom. The molecule has 3 aliphatic heterocycles. The Balaban J connectivity index is 1.73. The number of nitrogens with zero attached hydrogens (tertiary/aromatic N) is 2. The van der Waals surface area contributed by atoms with Crippen LogP contribution < -0.4 is 4.74 Å². The maximum atomic E-state index is 12.9. The van der Waals surface area contributed by atoms with Gasteiger partial charge in [-0.05, 0) is 38.0 Å². The van der Waals surface area contributed by atoms with Gasteiger partial charge in [0.25, 0.3) is 5.91 Å². The molecule has 2 atom stereocenters. The number of likely N-dealkylation sites (tertiary alicyclic amines) is 1. The predicted molar refractivity (Wildman–Crippen MR) is 102 cm³/mol. The van der Waals surface area contributed by atoms with Crippen LogP contribution in [0.1, 0.15) is 53.3 Å². The van der Waals surface area contributed by atoms with Gasteiger partial charge in [-0.15, -0.1) is 0 Å². The lowest BCUT2D eigenvalue weighted by molar-refractivity contribution is -0.108. The number of aliphatic hydroxyl groups is 1. The number of rotatable bonds is 4. The number of hydrogen-bond donors (Lipinski definition) is 1. The molecule has 1 N–H and O–H groups in total. The number of carbonyl (C=O) groups excluding carboxylic acids is 2. The normalized spacial score (nSPS) is 22.9. The first-order valence-corrected chi connectivity index (χ1v) is 9.91. The Labute approximate surface area is 164 Å². The van der Waals surface area contributed by atoms with Gasteiger partial charge in [-0.25, -0.2) is 0 Å². The number of amides is 1. The smallest absolute Gasteiger partial charge is 0.253 e. The number of carbonyl (C=O) groups is 2. The molecule has 0 aliphatic carbocycles. The predicted octanol–water partition coefficient (Wildman–Crippen LogP) is 1.82. The maximum absolute atomic E-state index is 12.9. The lowest BCUT2D eigenvalue weighted by atomic mass is 9.91. The average Bonchev–Trinajstić information content (AvgIpc) is 3.27. The van der Waals surface area contributed by atoms with Crippen molar-refractivity contribution in [3.05, 3.63) is 40.8 Å². The van der Waals surface area contributed by atoms with E-state index in [1.165, 1.54) is 0 Å². The zero-order valence-corrected chi connectivity index (χ0v) is 16.1. The number of ether oxygens (including phenoxy) is 2. The van der Waals surface area contributed by atoms with E-state index in [-0.39, 0.29) is 5.91 Å². The lowest BCUT2D eigenvalue weighted by Gasteiger charge is -2.34. The summed E-state index contributed by atoms with van der Waals surface area (Å²) in [6.45, 7) is 5.71. The minimum absolute atomic E-state index is 0.0604. The van der Waals surface area contributed by atoms with Crippen molar-refractivity contribution >= 4 is 12.2 Å². The van der Waals surface area contributed by atoms with Crippen LogP contribution in [0.5, 0.6) is 5.75 Å². The van der Waals surface area contributed by atoms with Crippen LogP contribution in [0.2, 0.25) is 0 Å². The van der Waals surface area contributed by atoms with Gasteiger partial charge in [0.15, 0.2) is 5.88 Å². The maximum Gasteiger partial charge on any atom is 0.253 e. The van der Waals surface area contributed by atoms with Crippen LogP contribution in [-0.2, 0) is 9.53 Å². The third-order valence-electron chi connectivity index (χ3n) is 5.59. The zero-order valence-electron chi connectivity index (χ0n) is 16.1. The second-order valence-electron chi connectivity index (χ2n) is 7.53. The third kappa shape index (κ3) is 3.52. The molecule has 7 nitrogen and oxygen atoms in total. The molecule has 2 saturated heterocycles. The molecule has 0 saturated carbocycles. The minimum atomic E-state index is -0.823. The monoisotopic (exact) mass is 386 g/mol. The quantitative estimate of drug-likeness (QED) is 0.796. The van der Waals surface area contributed by atoms with Gasteiger partial charge in [-0.3, -0.25) is 4.79 Å². The number of hydrogen-bond acceptors (Lipinski definition) is 6. The molecule has 4 rings (SSSR count). The van der Waals surface area contributed by atoms with Gasteiger partial charge in [0.2, 0.25) is 0 Å². The molecule has 2 unspecified atom stereocenters. The summed E-state index contributed by atoms with van der Waals surface area (Å²) in [6, 6.07) is 3.45. The molecule has 7 heteroatoms. The molecule has 1 aromatic rings. The second kappa shape index (κ2) is 7.93. The van der Waals surface area contributed by atoms with Crippen molar-refractivity contribution in [2.24, 2.45) is 0 Å². The van der Waals surface area contributed by atoms with Crippen molar-refractivity contribution in [3.63, 3.8) is 0 Å². The summed E-state index contributed by atoms with van der Waals surface area (Å²) in [6.07, 6.45) is 3.84. The van der Waals surface area contributed by atoms with Gasteiger partial charge < -0.3 is 29.2 Å². The van der Waals surface area contributed by atoms with Crippen LogP contribution in [0.15, 0.2) is 24.1 Å². The third-order valence-corrected chi connectivity index (χ3v) is 5.59. The number of aldehydes is 1. The Morgan fingerprint density at radius 1 is 1.21 bits per heavy atom. The number of aliphatic hydroxyl groups excluding tert-OH is 1. The first-order valence-electron chi connectivity index (χ1n) is 9.91. The van der Waals surface area contributed by atoms with Crippen molar-refractivity contribution in [1.82, 2.24) is 9.80 Å². The number of benzene rings is 1. The molecule has 1 aromatic carbocycles. The van der Waals surface area contributed by atoms with Crippen molar-refractivity contribution in [2.75, 3.05) is 39.4 Å². The Hall–Kier alpha value is -2.38. The summed E-state index contributed by atoms with van der Waals surface area (Å²) in [5.41, 5.74) is 1.66. The first-order chi connectivity index (χ1) is 13.6. The Bertz CT molecular complexity index is 792. The lowest BCUT2D eigenvalue weighted by Crippen LogP contribution is -2.38. The fraction of sp³-hybridized carbons (Fsp3) is 0.524. The van der Waals surface area contributed by atoms with Crippen LogP contribution in [0.3, 0.4) is 0 Å². The van der Waals surface area contributed by atoms with Crippen LogP contribution in [0.25, 0.3) is 0 Å². The van der Waals surface area contributed by atoms with E-state index in [2.05, 4.69) is 0 Å². The number of morpholine rings is 1. The molecule has 150 valence electrons. The van der Waals surface area contributed by atoms with Crippen molar-refractivity contribution < 1.29 is 24.2 Å². The molecule has 0 bridgehead atoms. The van der Waals surface area contributed by atoms with Gasteiger partial charge in [-0.2, -0.15) is 0 Å². The van der Waals surface area contributed by atoms with E-state index in [1.807, 2.05) is 9.80 Å². The van der Waals surface area contributed by atoms with Gasteiger partial charge >= 0.3 is 0 Å². The van der Waals surface area contributed by atoms with Crippen LogP contribution in [0.4, 0.5) is 0 Å². The van der Waals surface area contributed by atoms with E-state index >= 15 is 0 Å². The molecule has 3 heterocycles. The molecule has 0 radical (unpaired) electrons. The summed E-state index contributed by atoms with van der Waals surface area (Å²) in [4.78, 5) is 28.6. The van der Waals surface area contributed by atoms with E-state index in [1.54, 1.807) is 25.1 Å². The average molecular weight is 386 g/mol. The standard InChI is InChI=1S/C21H26N2O5/c1-14(25)17-10-15(21(26)23-4-2-3-5-23)11-18-16(13-24)12-19(28-20(17)18)22-6-8-27-9-7-22/h10-14,16,25H,2-9H2,1H3. The second-order valence-corrected chi connectivity index (χ2v) is 7.53. The van der Waals surface area contributed by atoms with Gasteiger partial charge in [-0.1, -0.05) is 0 Å². The van der Waals surface area contributed by atoms with E-state index in [9.17, 15) is 14.7 Å². The van der Waals surface area contributed by atoms with E-state index in [0.717, 1.165) is 32.2 Å². The first kappa shape index (κ1) is 19.0. The van der Waals surface area contributed by atoms with Crippen molar-refractivity contribution in [1.29, 1.82) is 0 Å². The van der Waals surface area contributed by atoms with Gasteiger partial charge in [0.05, 0.1) is 25.2 Å². The van der Waals surface area contributed by atoms with Crippen LogP contribution >= 0.6 is 0 Å². The fourth-order valence-corrected chi connectivity index (χ4v) is 4.02. The zero-order chi connectivity index (χ0) is 19.7. The highest BCUT2D eigenvalue weighted by atomic mass is 16.5. The number of fused-ring (bicyclic) bond motifs is 1. The molecule has 3 aliphatic rings.